The molecule has 1 N–H and O–H groups in total. The van der Waals surface area contributed by atoms with Gasteiger partial charge in [-0.25, -0.2) is 14.6 Å². The highest BCUT2D eigenvalue weighted by Gasteiger charge is 2.41. The Balaban J connectivity index is 1.35. The number of aromatic nitrogens is 2. The lowest BCUT2D eigenvalue weighted by molar-refractivity contribution is -0.0438. The molecule has 8 nitrogen and oxygen atoms in total. The normalized spacial score (nSPS) is 18.9. The minimum absolute atomic E-state index is 0.0429. The molecule has 3 atom stereocenters. The molecule has 0 radical (unpaired) electrons. The van der Waals surface area contributed by atoms with Crippen molar-refractivity contribution in [2.24, 2.45) is 0 Å². The van der Waals surface area contributed by atoms with E-state index in [0.29, 0.717) is 40.0 Å². The number of aromatic amines is 1. The van der Waals surface area contributed by atoms with Crippen LogP contribution in [0.15, 0.2) is 66.7 Å². The van der Waals surface area contributed by atoms with E-state index in [1.165, 1.54) is 6.92 Å². The van der Waals surface area contributed by atoms with E-state index in [1.54, 1.807) is 42.5 Å². The lowest BCUT2D eigenvalue weighted by Gasteiger charge is -2.19. The summed E-state index contributed by atoms with van der Waals surface area (Å²) in [6.07, 6.45) is -1.56. The summed E-state index contributed by atoms with van der Waals surface area (Å²) in [5, 5.41) is 0. The third-order valence-electron chi connectivity index (χ3n) is 6.62. The van der Waals surface area contributed by atoms with E-state index >= 15 is 0 Å². The van der Waals surface area contributed by atoms with E-state index in [4.69, 9.17) is 14.2 Å². The molecule has 4 aromatic rings. The van der Waals surface area contributed by atoms with Crippen molar-refractivity contribution in [3.05, 3.63) is 100 Å². The number of ether oxygens (including phenoxy) is 3. The van der Waals surface area contributed by atoms with Crippen LogP contribution in [0.5, 0.6) is 0 Å². The summed E-state index contributed by atoms with van der Waals surface area (Å²) in [5.74, 6) is -0.464. The van der Waals surface area contributed by atoms with Gasteiger partial charge < -0.3 is 19.2 Å². The van der Waals surface area contributed by atoms with Gasteiger partial charge in [-0.2, -0.15) is 0 Å². The number of carbonyl (C=O) groups is 3. The van der Waals surface area contributed by atoms with Crippen molar-refractivity contribution in [1.82, 2.24) is 9.97 Å². The lowest BCUT2D eigenvalue weighted by Crippen LogP contribution is -2.32. The third kappa shape index (κ3) is 5.50. The average Bonchev–Trinajstić information content (AvgIpc) is 3.51. The first kappa shape index (κ1) is 25.4. The van der Waals surface area contributed by atoms with Gasteiger partial charge in [0, 0.05) is 12.0 Å². The van der Waals surface area contributed by atoms with Crippen LogP contribution in [0.3, 0.4) is 0 Å². The number of fused-ring (bicyclic) bond motifs is 1. The van der Waals surface area contributed by atoms with E-state index in [-0.39, 0.29) is 12.4 Å². The minimum atomic E-state index is -0.690. The molecule has 194 valence electrons. The largest absolute Gasteiger partial charge is 0.459 e. The molecule has 1 saturated heterocycles. The van der Waals surface area contributed by atoms with Crippen molar-refractivity contribution in [3.63, 3.8) is 0 Å². The molecule has 38 heavy (non-hydrogen) atoms. The molecule has 1 aliphatic heterocycles. The molecule has 5 rings (SSSR count). The van der Waals surface area contributed by atoms with Crippen molar-refractivity contribution in [2.45, 2.75) is 45.5 Å². The SMILES string of the molecule is CC(=O)c1ccc2nc([C@H]3C[C@H](OC(=O)c4ccc(C)cc4)[C@@H](COC(=O)c4ccc(C)cc4)O3)[nH]c2c1. The van der Waals surface area contributed by atoms with Crippen LogP contribution in [0.25, 0.3) is 11.0 Å². The number of H-pyrrole nitrogens is 1. The fraction of sp³-hybridized carbons (Fsp3) is 0.267. The van der Waals surface area contributed by atoms with Gasteiger partial charge in [-0.05, 0) is 63.2 Å². The fourth-order valence-electron chi connectivity index (χ4n) is 4.39. The third-order valence-corrected chi connectivity index (χ3v) is 6.62. The number of benzene rings is 3. The standard InChI is InChI=1S/C30H28N2O6/c1-17-4-8-20(9-5-17)29(34)36-16-27-25(38-30(35)21-10-6-18(2)7-11-21)15-26(37-27)28-31-23-13-12-22(19(3)33)14-24(23)32-28/h4-14,25-27H,15-16H2,1-3H3,(H,31,32)/t25-,26+,27+/m0/s1. The summed E-state index contributed by atoms with van der Waals surface area (Å²) < 4.78 is 17.6. The molecule has 0 amide bonds. The second-order valence-electron chi connectivity index (χ2n) is 9.58. The summed E-state index contributed by atoms with van der Waals surface area (Å²) in [7, 11) is 0. The summed E-state index contributed by atoms with van der Waals surface area (Å²) >= 11 is 0. The maximum atomic E-state index is 12.9. The number of ketones is 1. The summed E-state index contributed by atoms with van der Waals surface area (Å²) in [6.45, 7) is 5.29. The van der Waals surface area contributed by atoms with E-state index in [9.17, 15) is 14.4 Å². The zero-order chi connectivity index (χ0) is 26.8. The Bertz CT molecular complexity index is 1490. The van der Waals surface area contributed by atoms with Gasteiger partial charge in [0.15, 0.2) is 5.78 Å². The first-order chi connectivity index (χ1) is 18.3. The van der Waals surface area contributed by atoms with Crippen molar-refractivity contribution < 1.29 is 28.6 Å². The number of esters is 2. The topological polar surface area (TPSA) is 108 Å². The number of nitrogens with zero attached hydrogens (tertiary/aromatic N) is 1. The highest BCUT2D eigenvalue weighted by Crippen LogP contribution is 2.35. The van der Waals surface area contributed by atoms with Gasteiger partial charge in [0.1, 0.15) is 30.7 Å². The second-order valence-corrected chi connectivity index (χ2v) is 9.58. The number of rotatable bonds is 7. The summed E-state index contributed by atoms with van der Waals surface area (Å²) in [5.41, 5.74) is 4.89. The Morgan fingerprint density at radius 3 is 2.13 bits per heavy atom. The van der Waals surface area contributed by atoms with E-state index in [0.717, 1.165) is 11.1 Å². The molecule has 0 spiro atoms. The predicted molar refractivity (Wildman–Crippen MR) is 140 cm³/mol. The summed E-state index contributed by atoms with van der Waals surface area (Å²) in [6, 6.07) is 19.4. The minimum Gasteiger partial charge on any atom is -0.459 e. The van der Waals surface area contributed by atoms with Gasteiger partial charge in [0.2, 0.25) is 0 Å². The maximum Gasteiger partial charge on any atom is 0.338 e. The van der Waals surface area contributed by atoms with Crippen molar-refractivity contribution in [2.75, 3.05) is 6.61 Å². The molecule has 3 aromatic carbocycles. The molecule has 1 aliphatic rings. The molecule has 0 unspecified atom stereocenters. The first-order valence-corrected chi connectivity index (χ1v) is 12.4. The number of aryl methyl sites for hydroxylation is 2. The van der Waals surface area contributed by atoms with Gasteiger partial charge in [0.25, 0.3) is 0 Å². The number of Topliss-reactive ketones (excluding diaryl/α,β-unsaturated/α-hetero) is 1. The quantitative estimate of drug-likeness (QED) is 0.265. The van der Waals surface area contributed by atoms with Crippen LogP contribution in [-0.2, 0) is 14.2 Å². The van der Waals surface area contributed by atoms with Crippen LogP contribution in [0.4, 0.5) is 0 Å². The van der Waals surface area contributed by atoms with Gasteiger partial charge in [-0.15, -0.1) is 0 Å². The number of hydrogen-bond donors (Lipinski definition) is 1. The Hall–Kier alpha value is -4.30. The van der Waals surface area contributed by atoms with E-state index in [1.807, 2.05) is 38.1 Å². The molecule has 8 heteroatoms. The Morgan fingerprint density at radius 2 is 1.50 bits per heavy atom. The Kier molecular flexibility index (Phi) is 7.07. The molecule has 1 aromatic heterocycles. The maximum absolute atomic E-state index is 12.9. The number of hydrogen-bond acceptors (Lipinski definition) is 7. The van der Waals surface area contributed by atoms with Crippen LogP contribution >= 0.6 is 0 Å². The van der Waals surface area contributed by atoms with Crippen LogP contribution in [0.1, 0.15) is 67.5 Å². The predicted octanol–water partition coefficient (Wildman–Crippen LogP) is 5.29. The second kappa shape index (κ2) is 10.6. The van der Waals surface area contributed by atoms with Gasteiger partial charge in [-0.1, -0.05) is 35.4 Å². The number of nitrogens with one attached hydrogen (secondary N) is 1. The van der Waals surface area contributed by atoms with Crippen molar-refractivity contribution >= 4 is 28.8 Å². The van der Waals surface area contributed by atoms with Gasteiger partial charge in [0.05, 0.1) is 22.2 Å². The summed E-state index contributed by atoms with van der Waals surface area (Å²) in [4.78, 5) is 45.1. The molecule has 1 fully saturated rings. The van der Waals surface area contributed by atoms with Crippen molar-refractivity contribution in [1.29, 1.82) is 0 Å². The smallest absolute Gasteiger partial charge is 0.338 e. The zero-order valence-corrected chi connectivity index (χ0v) is 21.4. The molecule has 2 heterocycles. The van der Waals surface area contributed by atoms with Crippen LogP contribution in [0, 0.1) is 13.8 Å². The number of carbonyl (C=O) groups excluding carboxylic acids is 3. The molecular formula is C30H28N2O6. The number of imidazole rings is 1. The van der Waals surface area contributed by atoms with Crippen LogP contribution < -0.4 is 0 Å². The van der Waals surface area contributed by atoms with Crippen molar-refractivity contribution in [3.8, 4) is 0 Å². The molecule has 0 bridgehead atoms. The molecular weight excluding hydrogens is 484 g/mol. The zero-order valence-electron chi connectivity index (χ0n) is 21.4. The van der Waals surface area contributed by atoms with Gasteiger partial charge >= 0.3 is 11.9 Å². The fourth-order valence-corrected chi connectivity index (χ4v) is 4.39. The molecule has 0 saturated carbocycles. The average molecular weight is 513 g/mol. The highest BCUT2D eigenvalue weighted by atomic mass is 16.6. The molecule has 0 aliphatic carbocycles. The lowest BCUT2D eigenvalue weighted by atomic mass is 10.1. The first-order valence-electron chi connectivity index (χ1n) is 12.4. The van der Waals surface area contributed by atoms with E-state index < -0.39 is 30.3 Å². The monoisotopic (exact) mass is 512 g/mol. The van der Waals surface area contributed by atoms with Gasteiger partial charge in [-0.3, -0.25) is 4.79 Å². The van der Waals surface area contributed by atoms with Crippen LogP contribution in [0.2, 0.25) is 0 Å². The Labute approximate surface area is 219 Å². The Morgan fingerprint density at radius 1 is 0.895 bits per heavy atom. The van der Waals surface area contributed by atoms with Crippen LogP contribution in [-0.4, -0.2) is 46.5 Å². The highest BCUT2D eigenvalue weighted by molar-refractivity contribution is 5.97. The van der Waals surface area contributed by atoms with E-state index in [2.05, 4.69) is 9.97 Å².